The van der Waals surface area contributed by atoms with Gasteiger partial charge in [-0.1, -0.05) is 12.1 Å². The Morgan fingerprint density at radius 1 is 1.19 bits per heavy atom. The van der Waals surface area contributed by atoms with E-state index in [0.29, 0.717) is 35.9 Å². The molecule has 3 aromatic heterocycles. The predicted molar refractivity (Wildman–Crippen MR) is 121 cm³/mol. The van der Waals surface area contributed by atoms with Gasteiger partial charge in [0.05, 0.1) is 28.7 Å². The highest BCUT2D eigenvalue weighted by Crippen LogP contribution is 2.32. The molecule has 0 atom stereocenters. The SMILES string of the molecule is CC1(O)CN(c2ccc(Nc3nc(-c4ccc5cn[nH]c5c4)cn4ccnc34)cc2F)C1. The summed E-state index contributed by atoms with van der Waals surface area (Å²) < 4.78 is 16.7. The van der Waals surface area contributed by atoms with Crippen molar-refractivity contribution in [2.45, 2.75) is 12.5 Å². The lowest BCUT2D eigenvalue weighted by molar-refractivity contribution is 0.0306. The van der Waals surface area contributed by atoms with Gasteiger partial charge < -0.3 is 19.7 Å². The van der Waals surface area contributed by atoms with Gasteiger partial charge >= 0.3 is 0 Å². The predicted octanol–water partition coefficient (Wildman–Crippen LogP) is 3.73. The Kier molecular flexibility index (Phi) is 3.96. The largest absolute Gasteiger partial charge is 0.386 e. The second-order valence-corrected chi connectivity index (χ2v) is 8.45. The van der Waals surface area contributed by atoms with Gasteiger partial charge in [0.1, 0.15) is 5.82 Å². The molecule has 4 heterocycles. The van der Waals surface area contributed by atoms with Crippen molar-refractivity contribution in [3.63, 3.8) is 0 Å². The van der Waals surface area contributed by atoms with E-state index in [1.807, 2.05) is 39.9 Å². The summed E-state index contributed by atoms with van der Waals surface area (Å²) in [5.74, 6) is 0.168. The van der Waals surface area contributed by atoms with Crippen LogP contribution >= 0.6 is 0 Å². The number of aromatic amines is 1. The van der Waals surface area contributed by atoms with Crippen molar-refractivity contribution >= 4 is 33.7 Å². The van der Waals surface area contributed by atoms with Crippen molar-refractivity contribution in [3.05, 3.63) is 67.0 Å². The number of hydrogen-bond donors (Lipinski definition) is 3. The zero-order valence-corrected chi connectivity index (χ0v) is 17.2. The number of nitrogens with one attached hydrogen (secondary N) is 2. The van der Waals surface area contributed by atoms with Gasteiger partial charge in [0.25, 0.3) is 0 Å². The van der Waals surface area contributed by atoms with Crippen molar-refractivity contribution in [2.24, 2.45) is 0 Å². The van der Waals surface area contributed by atoms with Crippen molar-refractivity contribution in [1.82, 2.24) is 24.6 Å². The van der Waals surface area contributed by atoms with Crippen LogP contribution in [0, 0.1) is 5.82 Å². The molecule has 2 aromatic carbocycles. The van der Waals surface area contributed by atoms with Gasteiger partial charge in [0.2, 0.25) is 0 Å². The monoisotopic (exact) mass is 429 g/mol. The summed E-state index contributed by atoms with van der Waals surface area (Å²) in [5.41, 5.74) is 3.51. The first kappa shape index (κ1) is 18.8. The van der Waals surface area contributed by atoms with Crippen LogP contribution in [0.25, 0.3) is 27.8 Å². The zero-order chi connectivity index (χ0) is 21.9. The lowest BCUT2D eigenvalue weighted by Crippen LogP contribution is -2.60. The van der Waals surface area contributed by atoms with Crippen LogP contribution < -0.4 is 10.2 Å². The van der Waals surface area contributed by atoms with E-state index in [1.54, 1.807) is 31.5 Å². The van der Waals surface area contributed by atoms with Crippen LogP contribution in [-0.2, 0) is 0 Å². The van der Waals surface area contributed by atoms with Gasteiger partial charge in [0, 0.05) is 48.3 Å². The molecule has 6 rings (SSSR count). The van der Waals surface area contributed by atoms with Crippen LogP contribution in [0.15, 0.2) is 61.2 Å². The van der Waals surface area contributed by atoms with E-state index in [0.717, 1.165) is 22.2 Å². The van der Waals surface area contributed by atoms with Crippen LogP contribution in [0.3, 0.4) is 0 Å². The van der Waals surface area contributed by atoms with Crippen molar-refractivity contribution in [1.29, 1.82) is 0 Å². The number of halogens is 1. The van der Waals surface area contributed by atoms with Crippen LogP contribution in [0.2, 0.25) is 0 Å². The Labute approximate surface area is 182 Å². The standard InChI is InChI=1S/C23H20FN7O/c1-23(32)12-31(13-23)20-5-4-16(9-17(20)24)27-21-22-25-6-7-30(22)11-19(28-21)14-2-3-15-10-26-29-18(15)8-14/h2-11,32H,12-13H2,1H3,(H,26,29)(H,27,28). The summed E-state index contributed by atoms with van der Waals surface area (Å²) in [7, 11) is 0. The maximum absolute atomic E-state index is 14.8. The second-order valence-electron chi connectivity index (χ2n) is 8.45. The van der Waals surface area contributed by atoms with Gasteiger partial charge in [-0.2, -0.15) is 5.10 Å². The number of anilines is 3. The summed E-state index contributed by atoms with van der Waals surface area (Å²) in [5, 5.41) is 21.2. The third-order valence-electron chi connectivity index (χ3n) is 5.73. The molecule has 0 aliphatic carbocycles. The normalized spacial score (nSPS) is 15.3. The summed E-state index contributed by atoms with van der Waals surface area (Å²) in [6, 6.07) is 10.9. The van der Waals surface area contributed by atoms with E-state index in [2.05, 4.69) is 20.5 Å². The molecule has 32 heavy (non-hydrogen) atoms. The molecule has 0 bridgehead atoms. The first-order valence-corrected chi connectivity index (χ1v) is 10.3. The molecule has 9 heteroatoms. The van der Waals surface area contributed by atoms with E-state index in [-0.39, 0.29) is 5.82 Å². The highest BCUT2D eigenvalue weighted by atomic mass is 19.1. The second kappa shape index (κ2) is 6.76. The third kappa shape index (κ3) is 3.14. The van der Waals surface area contributed by atoms with Crippen molar-refractivity contribution in [2.75, 3.05) is 23.3 Å². The molecule has 160 valence electrons. The molecule has 1 fully saturated rings. The van der Waals surface area contributed by atoms with Gasteiger partial charge in [0.15, 0.2) is 11.5 Å². The van der Waals surface area contributed by atoms with Crippen molar-refractivity contribution in [3.8, 4) is 11.3 Å². The number of hydrogen-bond acceptors (Lipinski definition) is 6. The maximum Gasteiger partial charge on any atom is 0.180 e. The molecule has 0 amide bonds. The first-order chi connectivity index (χ1) is 15.4. The minimum absolute atomic E-state index is 0.356. The Balaban J connectivity index is 1.35. The third-order valence-corrected chi connectivity index (χ3v) is 5.73. The van der Waals surface area contributed by atoms with E-state index in [1.165, 1.54) is 6.07 Å². The number of aromatic nitrogens is 5. The fourth-order valence-electron chi connectivity index (χ4n) is 4.18. The number of β-amino-alcohol motifs (C(OH)–C–C–N with tert-alkyl or cyclic N) is 1. The molecule has 0 saturated carbocycles. The summed E-state index contributed by atoms with van der Waals surface area (Å²) in [4.78, 5) is 11.0. The highest BCUT2D eigenvalue weighted by molar-refractivity contribution is 5.84. The minimum Gasteiger partial charge on any atom is -0.386 e. The highest BCUT2D eigenvalue weighted by Gasteiger charge is 2.37. The van der Waals surface area contributed by atoms with Crippen molar-refractivity contribution < 1.29 is 9.50 Å². The molecule has 3 N–H and O–H groups in total. The van der Waals surface area contributed by atoms with Gasteiger partial charge in [-0.15, -0.1) is 0 Å². The number of rotatable bonds is 4. The average molecular weight is 429 g/mol. The fourth-order valence-corrected chi connectivity index (χ4v) is 4.18. The molecule has 1 aliphatic rings. The van der Waals surface area contributed by atoms with Gasteiger partial charge in [-0.25, -0.2) is 14.4 Å². The lowest BCUT2D eigenvalue weighted by atomic mass is 9.96. The average Bonchev–Trinajstić information content (AvgIpc) is 3.41. The Bertz CT molecular complexity index is 1460. The Morgan fingerprint density at radius 3 is 2.88 bits per heavy atom. The van der Waals surface area contributed by atoms with Crippen LogP contribution in [-0.4, -0.2) is 48.4 Å². The van der Waals surface area contributed by atoms with E-state index in [9.17, 15) is 9.50 Å². The van der Waals surface area contributed by atoms with E-state index >= 15 is 0 Å². The van der Waals surface area contributed by atoms with Crippen LogP contribution in [0.4, 0.5) is 21.6 Å². The topological polar surface area (TPSA) is 94.4 Å². The molecular weight excluding hydrogens is 409 g/mol. The maximum atomic E-state index is 14.8. The minimum atomic E-state index is -0.765. The van der Waals surface area contributed by atoms with Gasteiger partial charge in [-0.3, -0.25) is 5.10 Å². The zero-order valence-electron chi connectivity index (χ0n) is 17.2. The summed E-state index contributed by atoms with van der Waals surface area (Å²) >= 11 is 0. The van der Waals surface area contributed by atoms with E-state index < -0.39 is 5.60 Å². The lowest BCUT2D eigenvalue weighted by Gasteiger charge is -2.45. The molecule has 8 nitrogen and oxygen atoms in total. The molecule has 0 spiro atoms. The quantitative estimate of drug-likeness (QED) is 0.403. The summed E-state index contributed by atoms with van der Waals surface area (Å²) in [6.07, 6.45) is 7.23. The Hall–Kier alpha value is -3.98. The number of H-pyrrole nitrogens is 1. The number of aliphatic hydroxyl groups is 1. The number of benzene rings is 2. The molecule has 0 radical (unpaired) electrons. The molecule has 0 unspecified atom stereocenters. The van der Waals surface area contributed by atoms with Crippen LogP contribution in [0.5, 0.6) is 0 Å². The molecule has 5 aromatic rings. The van der Waals surface area contributed by atoms with E-state index in [4.69, 9.17) is 4.98 Å². The Morgan fingerprint density at radius 2 is 2.06 bits per heavy atom. The fraction of sp³-hybridized carbons (Fsp3) is 0.174. The van der Waals surface area contributed by atoms with Crippen LogP contribution in [0.1, 0.15) is 6.92 Å². The number of imidazole rings is 1. The smallest absolute Gasteiger partial charge is 0.180 e. The molecular formula is C23H20FN7O. The summed E-state index contributed by atoms with van der Waals surface area (Å²) in [6.45, 7) is 2.57. The first-order valence-electron chi connectivity index (χ1n) is 10.3. The molecule has 1 aliphatic heterocycles. The van der Waals surface area contributed by atoms with Gasteiger partial charge in [-0.05, 0) is 31.2 Å². The number of fused-ring (bicyclic) bond motifs is 2. The molecule has 1 saturated heterocycles. The number of nitrogens with zero attached hydrogens (tertiary/aromatic N) is 5.